The van der Waals surface area contributed by atoms with Crippen LogP contribution in [0.15, 0.2) is 4.99 Å². The van der Waals surface area contributed by atoms with Crippen LogP contribution in [0.2, 0.25) is 0 Å². The largest absolute Gasteiger partial charge is 0.385 e. The molecule has 2 atom stereocenters. The average molecular weight is 236 g/mol. The van der Waals surface area contributed by atoms with Gasteiger partial charge in [0.2, 0.25) is 0 Å². The smallest absolute Gasteiger partial charge is 0.346 e. The Morgan fingerprint density at radius 2 is 2.24 bits per heavy atom. The van der Waals surface area contributed by atoms with Crippen LogP contribution in [0.5, 0.6) is 0 Å². The molecule has 0 aromatic heterocycles. The van der Waals surface area contributed by atoms with Crippen molar-refractivity contribution >= 4 is 11.9 Å². The normalized spacial score (nSPS) is 38.2. The zero-order valence-electron chi connectivity index (χ0n) is 10.5. The van der Waals surface area contributed by atoms with Gasteiger partial charge in [0.05, 0.1) is 0 Å². The lowest BCUT2D eigenvalue weighted by molar-refractivity contribution is 0.173. The monoisotopic (exact) mass is 236 g/mol. The summed E-state index contributed by atoms with van der Waals surface area (Å²) in [4.78, 5) is 20.1. The van der Waals surface area contributed by atoms with Crippen molar-refractivity contribution in [3.05, 3.63) is 0 Å². The summed E-state index contributed by atoms with van der Waals surface area (Å²) in [5, 5.41) is 0. The lowest BCUT2D eigenvalue weighted by Gasteiger charge is -2.33. The fourth-order valence-corrected chi connectivity index (χ4v) is 3.43. The molecule has 2 aliphatic heterocycles. The molecule has 3 rings (SSSR count). The van der Waals surface area contributed by atoms with Gasteiger partial charge >= 0.3 is 6.03 Å². The van der Waals surface area contributed by atoms with Crippen LogP contribution in [-0.2, 0) is 0 Å². The molecular weight excluding hydrogens is 216 g/mol. The topological polar surface area (TPSA) is 61.9 Å². The summed E-state index contributed by atoms with van der Waals surface area (Å²) in [5.74, 6) is 0.527. The number of amides is 2. The fourth-order valence-electron chi connectivity index (χ4n) is 3.43. The van der Waals surface area contributed by atoms with E-state index in [1.807, 2.05) is 11.8 Å². The summed E-state index contributed by atoms with van der Waals surface area (Å²) in [6.07, 6.45) is 3.51. The minimum Gasteiger partial charge on any atom is -0.385 e. The molecule has 2 heterocycles. The van der Waals surface area contributed by atoms with Gasteiger partial charge in [-0.1, -0.05) is 0 Å². The van der Waals surface area contributed by atoms with Crippen molar-refractivity contribution in [2.75, 3.05) is 13.1 Å². The lowest BCUT2D eigenvalue weighted by atomic mass is 9.94. The summed E-state index contributed by atoms with van der Waals surface area (Å²) in [6.45, 7) is 5.79. The van der Waals surface area contributed by atoms with Crippen LogP contribution >= 0.6 is 0 Å². The summed E-state index contributed by atoms with van der Waals surface area (Å²) in [7, 11) is 0. The number of nitrogens with zero attached hydrogens (tertiary/aromatic N) is 3. The van der Waals surface area contributed by atoms with E-state index in [0.29, 0.717) is 24.5 Å². The first-order chi connectivity index (χ1) is 8.08. The number of carbonyl (C=O) groups excluding carboxylic acids is 1. The Hall–Kier alpha value is -1.10. The highest BCUT2D eigenvalue weighted by atomic mass is 16.2. The summed E-state index contributed by atoms with van der Waals surface area (Å²) in [5.41, 5.74) is 5.73. The van der Waals surface area contributed by atoms with Gasteiger partial charge in [-0.2, -0.15) is 4.99 Å². The van der Waals surface area contributed by atoms with Crippen LogP contribution in [-0.4, -0.2) is 52.4 Å². The molecule has 0 aromatic carbocycles. The first-order valence-corrected chi connectivity index (χ1v) is 6.50. The zero-order chi connectivity index (χ0) is 12.2. The van der Waals surface area contributed by atoms with Gasteiger partial charge < -0.3 is 10.6 Å². The molecule has 2 amide bonds. The fraction of sp³-hybridized carbons (Fsp3) is 0.833. The van der Waals surface area contributed by atoms with Gasteiger partial charge in [0.25, 0.3) is 0 Å². The third-order valence-electron chi connectivity index (χ3n) is 4.42. The van der Waals surface area contributed by atoms with Gasteiger partial charge in [-0.3, -0.25) is 4.90 Å². The van der Waals surface area contributed by atoms with E-state index < -0.39 is 0 Å². The van der Waals surface area contributed by atoms with E-state index in [9.17, 15) is 4.79 Å². The van der Waals surface area contributed by atoms with Crippen LogP contribution in [0, 0.1) is 0 Å². The lowest BCUT2D eigenvalue weighted by Crippen LogP contribution is -2.55. The van der Waals surface area contributed by atoms with Crippen LogP contribution in [0.3, 0.4) is 0 Å². The Balaban J connectivity index is 1.90. The van der Waals surface area contributed by atoms with Gasteiger partial charge in [-0.15, -0.1) is 0 Å². The molecule has 1 spiro atoms. The molecule has 3 aliphatic rings. The number of hydrogen-bond acceptors (Lipinski definition) is 3. The van der Waals surface area contributed by atoms with E-state index in [4.69, 9.17) is 5.73 Å². The van der Waals surface area contributed by atoms with E-state index in [0.717, 1.165) is 13.0 Å². The predicted octanol–water partition coefficient (Wildman–Crippen LogP) is 0.794. The average Bonchev–Trinajstić information content (AvgIpc) is 3.00. The minimum absolute atomic E-state index is 0.158. The third kappa shape index (κ3) is 1.41. The highest BCUT2D eigenvalue weighted by molar-refractivity contribution is 6.06. The minimum atomic E-state index is -0.312. The Bertz CT molecular complexity index is 390. The van der Waals surface area contributed by atoms with Crippen molar-refractivity contribution in [1.29, 1.82) is 0 Å². The Kier molecular flexibility index (Phi) is 2.23. The number of urea groups is 1. The van der Waals surface area contributed by atoms with Crippen molar-refractivity contribution in [2.45, 2.75) is 50.7 Å². The van der Waals surface area contributed by atoms with E-state index in [-0.39, 0.29) is 11.6 Å². The molecule has 2 N–H and O–H groups in total. The molecule has 0 radical (unpaired) electrons. The summed E-state index contributed by atoms with van der Waals surface area (Å²) < 4.78 is 0. The molecule has 5 heteroatoms. The van der Waals surface area contributed by atoms with E-state index in [1.54, 1.807) is 0 Å². The maximum Gasteiger partial charge on any atom is 0.346 e. The van der Waals surface area contributed by atoms with Crippen molar-refractivity contribution < 1.29 is 4.79 Å². The van der Waals surface area contributed by atoms with Gasteiger partial charge in [0.1, 0.15) is 11.4 Å². The van der Waals surface area contributed by atoms with Gasteiger partial charge in [-0.05, 0) is 33.1 Å². The quantitative estimate of drug-likeness (QED) is 0.771. The number of likely N-dealkylation sites (N-methyl/N-ethyl adjacent to an activating group) is 1. The van der Waals surface area contributed by atoms with Crippen LogP contribution in [0.1, 0.15) is 33.1 Å². The Labute approximate surface area is 102 Å². The number of hydrogen-bond donors (Lipinski definition) is 1. The van der Waals surface area contributed by atoms with Crippen LogP contribution in [0.25, 0.3) is 0 Å². The van der Waals surface area contributed by atoms with E-state index >= 15 is 0 Å². The highest BCUT2D eigenvalue weighted by Crippen LogP contribution is 2.41. The zero-order valence-corrected chi connectivity index (χ0v) is 10.5. The molecule has 0 aromatic rings. The highest BCUT2D eigenvalue weighted by Gasteiger charge is 2.56. The SMILES string of the molecule is CCN1C(=O)N=C(N)C12CC(C)N(C1CC1)C2. The molecule has 1 aliphatic carbocycles. The molecule has 5 nitrogen and oxygen atoms in total. The van der Waals surface area contributed by atoms with Gasteiger partial charge in [0, 0.05) is 25.2 Å². The molecule has 1 saturated heterocycles. The Morgan fingerprint density at radius 1 is 1.53 bits per heavy atom. The standard InChI is InChI=1S/C12H20N4O/c1-3-16-11(17)14-10(13)12(16)6-8(2)15(7-12)9-4-5-9/h8-9H,3-7H2,1-2H3,(H2,13,14,17). The van der Waals surface area contributed by atoms with Crippen LogP contribution < -0.4 is 5.73 Å². The van der Waals surface area contributed by atoms with Crippen molar-refractivity contribution in [3.8, 4) is 0 Å². The number of likely N-dealkylation sites (tertiary alicyclic amines) is 1. The third-order valence-corrected chi connectivity index (χ3v) is 4.42. The molecule has 17 heavy (non-hydrogen) atoms. The maximum atomic E-state index is 11.8. The van der Waals surface area contributed by atoms with Crippen LogP contribution in [0.4, 0.5) is 4.79 Å². The Morgan fingerprint density at radius 3 is 2.82 bits per heavy atom. The number of amidine groups is 1. The second kappa shape index (κ2) is 3.45. The number of nitrogens with two attached hydrogens (primary N) is 1. The number of rotatable bonds is 2. The second-order valence-electron chi connectivity index (χ2n) is 5.51. The number of aliphatic imine (C=N–C) groups is 1. The molecular formula is C12H20N4O. The summed E-state index contributed by atoms with van der Waals surface area (Å²) >= 11 is 0. The molecule has 2 unspecified atom stereocenters. The maximum absolute atomic E-state index is 11.8. The van der Waals surface area contributed by atoms with Crippen molar-refractivity contribution in [2.24, 2.45) is 10.7 Å². The van der Waals surface area contributed by atoms with Gasteiger partial charge in [-0.25, -0.2) is 4.79 Å². The summed E-state index contributed by atoms with van der Waals surface area (Å²) in [6, 6.07) is 1.05. The number of carbonyl (C=O) groups is 1. The van der Waals surface area contributed by atoms with E-state index in [2.05, 4.69) is 16.8 Å². The molecule has 1 saturated carbocycles. The van der Waals surface area contributed by atoms with Crippen molar-refractivity contribution in [3.63, 3.8) is 0 Å². The van der Waals surface area contributed by atoms with Gasteiger partial charge in [0.15, 0.2) is 0 Å². The predicted molar refractivity (Wildman–Crippen MR) is 65.9 cm³/mol. The van der Waals surface area contributed by atoms with E-state index in [1.165, 1.54) is 12.8 Å². The second-order valence-corrected chi connectivity index (χ2v) is 5.51. The van der Waals surface area contributed by atoms with Crippen molar-refractivity contribution in [1.82, 2.24) is 9.80 Å². The first-order valence-electron chi connectivity index (χ1n) is 6.50. The molecule has 94 valence electrons. The molecule has 0 bridgehead atoms. The molecule has 2 fully saturated rings. The first kappa shape index (κ1) is 11.0.